The SMILES string of the molecule is CC1=NC2=C(C(=O)C[C@@H](c3ccccc3)C2)[C@@H](c2cccs2)C1C(=O)OC(C)C. The van der Waals surface area contributed by atoms with Crippen molar-refractivity contribution in [2.75, 3.05) is 0 Å². The monoisotopic (exact) mass is 407 g/mol. The summed E-state index contributed by atoms with van der Waals surface area (Å²) < 4.78 is 5.54. The molecule has 4 nitrogen and oxygen atoms in total. The zero-order valence-electron chi connectivity index (χ0n) is 16.9. The molecular formula is C24H25NO3S. The van der Waals surface area contributed by atoms with Gasteiger partial charge in [0.2, 0.25) is 0 Å². The van der Waals surface area contributed by atoms with Gasteiger partial charge in [-0.1, -0.05) is 36.4 Å². The van der Waals surface area contributed by atoms with Crippen molar-refractivity contribution in [2.45, 2.75) is 51.6 Å². The normalized spacial score (nSPS) is 24.3. The minimum atomic E-state index is -0.549. The first-order valence-electron chi connectivity index (χ1n) is 10.1. The molecule has 1 aromatic heterocycles. The number of nitrogens with zero attached hydrogens (tertiary/aromatic N) is 1. The number of benzene rings is 1. The van der Waals surface area contributed by atoms with E-state index in [0.717, 1.165) is 28.3 Å². The number of aliphatic imine (C=N–C) groups is 1. The summed E-state index contributed by atoms with van der Waals surface area (Å²) in [4.78, 5) is 32.1. The van der Waals surface area contributed by atoms with Crippen molar-refractivity contribution in [3.05, 3.63) is 69.6 Å². The Morgan fingerprint density at radius 3 is 2.55 bits per heavy atom. The molecule has 29 heavy (non-hydrogen) atoms. The van der Waals surface area contributed by atoms with Crippen LogP contribution in [-0.2, 0) is 14.3 Å². The van der Waals surface area contributed by atoms with Crippen molar-refractivity contribution in [3.8, 4) is 0 Å². The van der Waals surface area contributed by atoms with Crippen LogP contribution in [0.3, 0.4) is 0 Å². The molecule has 3 atom stereocenters. The first kappa shape index (κ1) is 19.8. The van der Waals surface area contributed by atoms with Crippen molar-refractivity contribution in [1.29, 1.82) is 0 Å². The Balaban J connectivity index is 1.76. The van der Waals surface area contributed by atoms with E-state index in [0.29, 0.717) is 12.0 Å². The van der Waals surface area contributed by atoms with Crippen LogP contribution in [0.2, 0.25) is 0 Å². The van der Waals surface area contributed by atoms with Gasteiger partial charge in [0.15, 0.2) is 5.78 Å². The van der Waals surface area contributed by atoms with Gasteiger partial charge in [-0.3, -0.25) is 14.6 Å². The number of carbonyl (C=O) groups is 2. The quantitative estimate of drug-likeness (QED) is 0.649. The minimum absolute atomic E-state index is 0.0945. The second-order valence-electron chi connectivity index (χ2n) is 8.01. The third-order valence-electron chi connectivity index (χ3n) is 5.62. The van der Waals surface area contributed by atoms with Crippen molar-refractivity contribution < 1.29 is 14.3 Å². The van der Waals surface area contributed by atoms with Crippen LogP contribution >= 0.6 is 11.3 Å². The molecule has 2 aromatic rings. The van der Waals surface area contributed by atoms with E-state index in [1.807, 2.05) is 56.5 Å². The summed E-state index contributed by atoms with van der Waals surface area (Å²) in [7, 11) is 0. The van der Waals surface area contributed by atoms with Gasteiger partial charge >= 0.3 is 5.97 Å². The predicted molar refractivity (Wildman–Crippen MR) is 115 cm³/mol. The Hall–Kier alpha value is -2.53. The number of Topliss-reactive ketones (excluding diaryl/α,β-unsaturated/α-hetero) is 1. The van der Waals surface area contributed by atoms with E-state index in [1.54, 1.807) is 11.3 Å². The second kappa shape index (κ2) is 8.07. The fourth-order valence-electron chi connectivity index (χ4n) is 4.41. The molecule has 4 rings (SSSR count). The number of thiophene rings is 1. The van der Waals surface area contributed by atoms with Gasteiger partial charge in [-0.2, -0.15) is 0 Å². The topological polar surface area (TPSA) is 55.7 Å². The van der Waals surface area contributed by atoms with Gasteiger partial charge in [0.05, 0.1) is 6.10 Å². The van der Waals surface area contributed by atoms with Gasteiger partial charge in [0, 0.05) is 34.2 Å². The van der Waals surface area contributed by atoms with Crippen LogP contribution in [0.25, 0.3) is 0 Å². The van der Waals surface area contributed by atoms with Crippen LogP contribution in [-0.4, -0.2) is 23.6 Å². The Morgan fingerprint density at radius 2 is 1.90 bits per heavy atom. The van der Waals surface area contributed by atoms with Gasteiger partial charge in [0.1, 0.15) is 5.92 Å². The lowest BCUT2D eigenvalue weighted by Crippen LogP contribution is -2.38. The van der Waals surface area contributed by atoms with Crippen LogP contribution < -0.4 is 0 Å². The molecule has 0 fully saturated rings. The lowest BCUT2D eigenvalue weighted by atomic mass is 9.71. The Bertz CT molecular complexity index is 973. The van der Waals surface area contributed by atoms with Gasteiger partial charge < -0.3 is 4.74 Å². The zero-order valence-corrected chi connectivity index (χ0v) is 17.7. The standard InChI is InChI=1S/C24H25NO3S/c1-14(2)28-24(27)21-15(3)25-18-12-17(16-8-5-4-6-9-16)13-19(26)22(18)23(21)20-10-7-11-29-20/h4-11,14,17,21,23H,12-13H2,1-3H3/t17-,21?,23-/m0/s1. The molecule has 5 heteroatoms. The summed E-state index contributed by atoms with van der Waals surface area (Å²) in [5, 5.41) is 1.99. The largest absolute Gasteiger partial charge is 0.462 e. The van der Waals surface area contributed by atoms with Crippen LogP contribution in [0.15, 0.2) is 64.1 Å². The number of allylic oxidation sites excluding steroid dienone is 2. The van der Waals surface area contributed by atoms with Crippen LogP contribution in [0.4, 0.5) is 0 Å². The van der Waals surface area contributed by atoms with Crippen molar-refractivity contribution in [1.82, 2.24) is 0 Å². The molecule has 1 unspecified atom stereocenters. The third kappa shape index (κ3) is 3.84. The second-order valence-corrected chi connectivity index (χ2v) is 8.99. The average molecular weight is 408 g/mol. The highest BCUT2D eigenvalue weighted by Crippen LogP contribution is 2.47. The van der Waals surface area contributed by atoms with E-state index in [4.69, 9.17) is 9.73 Å². The molecule has 0 spiro atoms. The number of rotatable bonds is 4. The summed E-state index contributed by atoms with van der Waals surface area (Å²) in [6.45, 7) is 5.57. The van der Waals surface area contributed by atoms with E-state index in [-0.39, 0.29) is 29.7 Å². The predicted octanol–water partition coefficient (Wildman–Crippen LogP) is 5.27. The van der Waals surface area contributed by atoms with Gasteiger partial charge in [-0.05, 0) is 50.1 Å². The van der Waals surface area contributed by atoms with Crippen molar-refractivity contribution in [3.63, 3.8) is 0 Å². The molecule has 0 amide bonds. The van der Waals surface area contributed by atoms with E-state index in [1.165, 1.54) is 0 Å². The van der Waals surface area contributed by atoms with Crippen molar-refractivity contribution >= 4 is 28.8 Å². The summed E-state index contributed by atoms with van der Waals surface area (Å²) in [6.07, 6.45) is 0.959. The molecule has 0 N–H and O–H groups in total. The molecule has 2 aliphatic rings. The van der Waals surface area contributed by atoms with E-state index < -0.39 is 5.92 Å². The van der Waals surface area contributed by atoms with Crippen LogP contribution in [0.5, 0.6) is 0 Å². The number of ketones is 1. The number of ether oxygens (including phenoxy) is 1. The number of carbonyl (C=O) groups excluding carboxylic acids is 2. The van der Waals surface area contributed by atoms with Gasteiger partial charge in [0.25, 0.3) is 0 Å². The highest BCUT2D eigenvalue weighted by molar-refractivity contribution is 7.10. The zero-order chi connectivity index (χ0) is 20.5. The van der Waals surface area contributed by atoms with Gasteiger partial charge in [-0.25, -0.2) is 0 Å². The summed E-state index contributed by atoms with van der Waals surface area (Å²) >= 11 is 1.58. The molecule has 1 aliphatic heterocycles. The van der Waals surface area contributed by atoms with E-state index >= 15 is 0 Å². The number of esters is 1. The molecule has 0 bridgehead atoms. The molecule has 1 aliphatic carbocycles. The minimum Gasteiger partial charge on any atom is -0.462 e. The third-order valence-corrected chi connectivity index (χ3v) is 6.57. The maximum absolute atomic E-state index is 13.3. The van der Waals surface area contributed by atoms with Crippen LogP contribution in [0, 0.1) is 5.92 Å². The first-order chi connectivity index (χ1) is 14.0. The average Bonchev–Trinajstić information content (AvgIpc) is 3.21. The Labute approximate surface area is 175 Å². The number of hydrogen-bond acceptors (Lipinski definition) is 5. The molecule has 0 radical (unpaired) electrons. The summed E-state index contributed by atoms with van der Waals surface area (Å²) in [5.41, 5.74) is 3.43. The fourth-order valence-corrected chi connectivity index (χ4v) is 5.28. The lowest BCUT2D eigenvalue weighted by molar-refractivity contribution is -0.150. The fraction of sp³-hybridized carbons (Fsp3) is 0.375. The molecule has 1 aromatic carbocycles. The maximum Gasteiger partial charge on any atom is 0.315 e. The Kier molecular flexibility index (Phi) is 5.50. The molecular weight excluding hydrogens is 382 g/mol. The summed E-state index contributed by atoms with van der Waals surface area (Å²) in [6, 6.07) is 14.1. The smallest absolute Gasteiger partial charge is 0.315 e. The van der Waals surface area contributed by atoms with Crippen LogP contribution in [0.1, 0.15) is 55.9 Å². The molecule has 0 saturated heterocycles. The first-order valence-corrected chi connectivity index (χ1v) is 10.9. The van der Waals surface area contributed by atoms with E-state index in [9.17, 15) is 9.59 Å². The molecule has 2 heterocycles. The Morgan fingerprint density at radius 1 is 1.14 bits per heavy atom. The highest BCUT2D eigenvalue weighted by atomic mass is 32.1. The molecule has 150 valence electrons. The summed E-state index contributed by atoms with van der Waals surface area (Å²) in [5.74, 6) is -0.937. The van der Waals surface area contributed by atoms with Crippen molar-refractivity contribution in [2.24, 2.45) is 10.9 Å². The van der Waals surface area contributed by atoms with Gasteiger partial charge in [-0.15, -0.1) is 11.3 Å². The molecule has 0 saturated carbocycles. The van der Waals surface area contributed by atoms with E-state index in [2.05, 4.69) is 12.1 Å². The maximum atomic E-state index is 13.3. The lowest BCUT2D eigenvalue weighted by Gasteiger charge is -2.36. The highest BCUT2D eigenvalue weighted by Gasteiger charge is 2.45. The number of hydrogen-bond donors (Lipinski definition) is 0.